The Labute approximate surface area is 161 Å². The van der Waals surface area contributed by atoms with Crippen LogP contribution in [0.3, 0.4) is 0 Å². The van der Waals surface area contributed by atoms with Crippen molar-refractivity contribution in [1.29, 1.82) is 0 Å². The topological polar surface area (TPSA) is 39.6 Å². The molecule has 26 heavy (non-hydrogen) atoms. The fraction of sp³-hybridized carbons (Fsp3) is 0.571. The first-order valence-corrected chi connectivity index (χ1v) is 10.4. The zero-order valence-electron chi connectivity index (χ0n) is 16.2. The standard InChI is InChI=1S/C21H31N3OS/c1-16(2)14-18-4-6-19(7-5-18)20(21-17(3)15-22-26-21)24-10-8-23(9-11-24)12-13-25/h4-7,15-16,20,25H,8-14H2,1-3H3. The summed E-state index contributed by atoms with van der Waals surface area (Å²) < 4.78 is 4.44. The number of hydrogen-bond acceptors (Lipinski definition) is 5. The van der Waals surface area contributed by atoms with Gasteiger partial charge in [0.25, 0.3) is 0 Å². The summed E-state index contributed by atoms with van der Waals surface area (Å²) in [6.07, 6.45) is 3.12. The molecule has 0 radical (unpaired) electrons. The van der Waals surface area contributed by atoms with Gasteiger partial charge in [0, 0.05) is 43.8 Å². The van der Waals surface area contributed by atoms with Crippen molar-refractivity contribution in [1.82, 2.24) is 14.2 Å². The number of β-amino-alcohol motifs (C(OH)–C–C–N with tert-alkyl or cyclic N) is 1. The Morgan fingerprint density at radius 1 is 1.12 bits per heavy atom. The van der Waals surface area contributed by atoms with Crippen molar-refractivity contribution in [2.24, 2.45) is 5.92 Å². The van der Waals surface area contributed by atoms with E-state index in [1.54, 1.807) is 11.5 Å². The maximum atomic E-state index is 9.18. The van der Waals surface area contributed by atoms with Crippen molar-refractivity contribution < 1.29 is 5.11 Å². The van der Waals surface area contributed by atoms with Crippen molar-refractivity contribution in [3.05, 3.63) is 52.0 Å². The second kappa shape index (κ2) is 9.09. The molecule has 1 N–H and O–H groups in total. The lowest BCUT2D eigenvalue weighted by molar-refractivity contribution is 0.0952. The molecule has 0 saturated carbocycles. The molecule has 1 unspecified atom stereocenters. The molecular formula is C21H31N3OS. The molecule has 1 aromatic carbocycles. The number of benzene rings is 1. The van der Waals surface area contributed by atoms with Crippen molar-refractivity contribution in [3.63, 3.8) is 0 Å². The lowest BCUT2D eigenvalue weighted by atomic mass is 9.96. The minimum atomic E-state index is 0.245. The fourth-order valence-electron chi connectivity index (χ4n) is 3.79. The molecule has 1 aromatic heterocycles. The van der Waals surface area contributed by atoms with E-state index in [0.29, 0.717) is 5.92 Å². The van der Waals surface area contributed by atoms with Gasteiger partial charge in [0.15, 0.2) is 0 Å². The van der Waals surface area contributed by atoms with Crippen molar-refractivity contribution in [2.75, 3.05) is 39.3 Å². The van der Waals surface area contributed by atoms with E-state index >= 15 is 0 Å². The Hall–Kier alpha value is -1.27. The van der Waals surface area contributed by atoms with Crippen molar-refractivity contribution >= 4 is 11.5 Å². The van der Waals surface area contributed by atoms with E-state index in [1.165, 1.54) is 21.6 Å². The third kappa shape index (κ3) is 4.71. The molecule has 5 heteroatoms. The lowest BCUT2D eigenvalue weighted by Gasteiger charge is -2.39. The van der Waals surface area contributed by atoms with Crippen LogP contribution in [0.25, 0.3) is 0 Å². The Balaban J connectivity index is 1.82. The van der Waals surface area contributed by atoms with Crippen LogP contribution in [0.5, 0.6) is 0 Å². The molecule has 2 heterocycles. The monoisotopic (exact) mass is 373 g/mol. The van der Waals surface area contributed by atoms with Crippen LogP contribution in [-0.4, -0.2) is 58.6 Å². The number of rotatable bonds is 7. The molecule has 0 amide bonds. The van der Waals surface area contributed by atoms with E-state index in [0.717, 1.165) is 39.1 Å². The normalized spacial score (nSPS) is 17.7. The largest absolute Gasteiger partial charge is 0.395 e. The van der Waals surface area contributed by atoms with Crippen LogP contribution in [0.2, 0.25) is 0 Å². The Morgan fingerprint density at radius 2 is 1.81 bits per heavy atom. The summed E-state index contributed by atoms with van der Waals surface area (Å²) in [4.78, 5) is 6.28. The van der Waals surface area contributed by atoms with E-state index in [1.807, 2.05) is 6.20 Å². The molecule has 142 valence electrons. The number of aliphatic hydroxyl groups excluding tert-OH is 1. The first kappa shape index (κ1) is 19.5. The predicted octanol–water partition coefficient (Wildman–Crippen LogP) is 3.35. The van der Waals surface area contributed by atoms with Crippen LogP contribution < -0.4 is 0 Å². The van der Waals surface area contributed by atoms with Gasteiger partial charge in [0.05, 0.1) is 12.6 Å². The minimum absolute atomic E-state index is 0.245. The maximum absolute atomic E-state index is 9.18. The number of nitrogens with zero attached hydrogens (tertiary/aromatic N) is 3. The van der Waals surface area contributed by atoms with Crippen LogP contribution >= 0.6 is 11.5 Å². The first-order chi connectivity index (χ1) is 12.6. The molecule has 1 aliphatic heterocycles. The van der Waals surface area contributed by atoms with Gasteiger partial charge in [-0.15, -0.1) is 0 Å². The number of aryl methyl sites for hydroxylation is 1. The molecule has 1 saturated heterocycles. The van der Waals surface area contributed by atoms with Gasteiger partial charge in [0.1, 0.15) is 0 Å². The molecule has 2 aromatic rings. The highest BCUT2D eigenvalue weighted by Gasteiger charge is 2.28. The summed E-state index contributed by atoms with van der Waals surface area (Å²) in [7, 11) is 0. The Bertz CT molecular complexity index is 675. The average Bonchev–Trinajstić information content (AvgIpc) is 3.04. The maximum Gasteiger partial charge on any atom is 0.0715 e. The summed E-state index contributed by atoms with van der Waals surface area (Å²) in [6, 6.07) is 9.48. The first-order valence-electron chi connectivity index (χ1n) is 9.65. The van der Waals surface area contributed by atoms with Gasteiger partial charge < -0.3 is 5.11 Å². The number of aromatic nitrogens is 1. The number of piperazine rings is 1. The highest BCUT2D eigenvalue weighted by Crippen LogP contribution is 2.34. The highest BCUT2D eigenvalue weighted by atomic mass is 32.1. The molecule has 1 aliphatic rings. The quantitative estimate of drug-likeness (QED) is 0.808. The van der Waals surface area contributed by atoms with E-state index < -0.39 is 0 Å². The predicted molar refractivity (Wildman–Crippen MR) is 109 cm³/mol. The van der Waals surface area contributed by atoms with Gasteiger partial charge in [0.2, 0.25) is 0 Å². The van der Waals surface area contributed by atoms with Crippen LogP contribution in [0.4, 0.5) is 0 Å². The van der Waals surface area contributed by atoms with Gasteiger partial charge in [-0.1, -0.05) is 38.1 Å². The zero-order chi connectivity index (χ0) is 18.5. The molecule has 1 fully saturated rings. The molecular weight excluding hydrogens is 342 g/mol. The van der Waals surface area contributed by atoms with E-state index in [9.17, 15) is 5.11 Å². The molecule has 3 rings (SSSR count). The number of aliphatic hydroxyl groups is 1. The molecule has 4 nitrogen and oxygen atoms in total. The molecule has 0 aliphatic carbocycles. The smallest absolute Gasteiger partial charge is 0.0715 e. The van der Waals surface area contributed by atoms with Crippen LogP contribution in [0, 0.1) is 12.8 Å². The summed E-state index contributed by atoms with van der Waals surface area (Å²) >= 11 is 1.63. The fourth-order valence-corrected chi connectivity index (χ4v) is 4.69. The molecule has 0 spiro atoms. The van der Waals surface area contributed by atoms with Crippen LogP contribution in [0.1, 0.15) is 41.5 Å². The zero-order valence-corrected chi connectivity index (χ0v) is 17.0. The lowest BCUT2D eigenvalue weighted by Crippen LogP contribution is -2.48. The summed E-state index contributed by atoms with van der Waals surface area (Å²) in [6.45, 7) is 11.8. The molecule has 1 atom stereocenters. The van der Waals surface area contributed by atoms with Crippen molar-refractivity contribution in [2.45, 2.75) is 33.2 Å². The Morgan fingerprint density at radius 3 is 2.35 bits per heavy atom. The summed E-state index contributed by atoms with van der Waals surface area (Å²) in [5, 5.41) is 9.18. The van der Waals surface area contributed by atoms with Gasteiger partial charge in [-0.25, -0.2) is 4.37 Å². The van der Waals surface area contributed by atoms with Gasteiger partial charge in [-0.2, -0.15) is 0 Å². The van der Waals surface area contributed by atoms with Gasteiger partial charge in [-0.3, -0.25) is 9.80 Å². The highest BCUT2D eigenvalue weighted by molar-refractivity contribution is 7.06. The van der Waals surface area contributed by atoms with Gasteiger partial charge in [-0.05, 0) is 47.5 Å². The second-order valence-electron chi connectivity index (χ2n) is 7.72. The third-order valence-electron chi connectivity index (χ3n) is 5.16. The van der Waals surface area contributed by atoms with E-state index in [2.05, 4.69) is 59.2 Å². The van der Waals surface area contributed by atoms with Crippen LogP contribution in [-0.2, 0) is 6.42 Å². The molecule has 0 bridgehead atoms. The van der Waals surface area contributed by atoms with E-state index in [4.69, 9.17) is 0 Å². The average molecular weight is 374 g/mol. The minimum Gasteiger partial charge on any atom is -0.395 e. The summed E-state index contributed by atoms with van der Waals surface area (Å²) in [5.74, 6) is 0.681. The SMILES string of the molecule is Cc1cnsc1C(c1ccc(CC(C)C)cc1)N1CCN(CCO)CC1. The Kier molecular flexibility index (Phi) is 6.81. The van der Waals surface area contributed by atoms with E-state index in [-0.39, 0.29) is 12.6 Å². The third-order valence-corrected chi connectivity index (χ3v) is 6.11. The second-order valence-corrected chi connectivity index (χ2v) is 8.55. The number of hydrogen-bond donors (Lipinski definition) is 1. The van der Waals surface area contributed by atoms with Crippen molar-refractivity contribution in [3.8, 4) is 0 Å². The summed E-state index contributed by atoms with van der Waals surface area (Å²) in [5.41, 5.74) is 4.06. The van der Waals surface area contributed by atoms with Gasteiger partial charge >= 0.3 is 0 Å². The van der Waals surface area contributed by atoms with Crippen LogP contribution in [0.15, 0.2) is 30.5 Å².